The summed E-state index contributed by atoms with van der Waals surface area (Å²) in [5.41, 5.74) is 10.3. The predicted molar refractivity (Wildman–Crippen MR) is 169 cm³/mol. The van der Waals surface area contributed by atoms with E-state index < -0.39 is 0 Å². The van der Waals surface area contributed by atoms with Crippen LogP contribution in [0, 0.1) is 0 Å². The Hall–Kier alpha value is -5.54. The molecule has 192 valence electrons. The smallest absolute Gasteiger partial charge is 0.160 e. The molecule has 41 heavy (non-hydrogen) atoms. The van der Waals surface area contributed by atoms with Crippen molar-refractivity contribution >= 4 is 32.8 Å². The summed E-state index contributed by atoms with van der Waals surface area (Å²) in [5, 5.41) is 3.09. The number of nitrogens with zero attached hydrogens (tertiary/aromatic N) is 2. The van der Waals surface area contributed by atoms with E-state index in [2.05, 4.69) is 97.1 Å². The van der Waals surface area contributed by atoms with Gasteiger partial charge in [0.1, 0.15) is 11.2 Å². The molecule has 0 radical (unpaired) electrons. The van der Waals surface area contributed by atoms with E-state index in [9.17, 15) is 0 Å². The molecule has 3 heteroatoms. The summed E-state index contributed by atoms with van der Waals surface area (Å²) < 4.78 is 6.20. The van der Waals surface area contributed by atoms with E-state index in [0.29, 0.717) is 5.82 Å². The van der Waals surface area contributed by atoms with Crippen LogP contribution in [0.25, 0.3) is 77.7 Å². The van der Waals surface area contributed by atoms with E-state index in [-0.39, 0.29) is 0 Å². The van der Waals surface area contributed by atoms with E-state index in [1.165, 1.54) is 16.7 Å². The summed E-state index contributed by atoms with van der Waals surface area (Å²) in [6, 6.07) is 50.3. The molecular formula is C38H24N2O. The molecule has 0 saturated heterocycles. The minimum absolute atomic E-state index is 0.693. The van der Waals surface area contributed by atoms with Gasteiger partial charge >= 0.3 is 0 Å². The first kappa shape index (κ1) is 23.4. The summed E-state index contributed by atoms with van der Waals surface area (Å²) in [6.45, 7) is 0. The topological polar surface area (TPSA) is 38.9 Å². The number of rotatable bonds is 4. The van der Waals surface area contributed by atoms with Gasteiger partial charge in [0.15, 0.2) is 5.82 Å². The van der Waals surface area contributed by atoms with Crippen LogP contribution in [0.2, 0.25) is 0 Å². The fourth-order valence-corrected chi connectivity index (χ4v) is 5.67. The summed E-state index contributed by atoms with van der Waals surface area (Å²) in [7, 11) is 0. The first-order valence-corrected chi connectivity index (χ1v) is 13.8. The Morgan fingerprint density at radius 3 is 1.76 bits per heavy atom. The summed E-state index contributed by atoms with van der Waals surface area (Å²) in [4.78, 5) is 10.3. The standard InChI is InChI=1S/C38H24N2O/c1-3-10-25(11-4-1)29-14-9-15-30(24-29)26-18-20-28(21-19-26)38-39-36(27-12-5-2-6-13-27)32-22-23-34-35(37(32)40-38)31-16-7-8-17-33(31)41-34/h1-24H. The van der Waals surface area contributed by atoms with Crippen LogP contribution in [0.5, 0.6) is 0 Å². The van der Waals surface area contributed by atoms with Crippen molar-refractivity contribution in [2.24, 2.45) is 0 Å². The third kappa shape index (κ3) is 4.07. The van der Waals surface area contributed by atoms with Gasteiger partial charge in [-0.05, 0) is 46.5 Å². The van der Waals surface area contributed by atoms with Gasteiger partial charge in [0.25, 0.3) is 0 Å². The molecule has 0 fully saturated rings. The molecule has 0 spiro atoms. The minimum Gasteiger partial charge on any atom is -0.456 e. The lowest BCUT2D eigenvalue weighted by atomic mass is 9.98. The number of benzene rings is 6. The van der Waals surface area contributed by atoms with Gasteiger partial charge in [0.2, 0.25) is 0 Å². The second-order valence-corrected chi connectivity index (χ2v) is 10.2. The second-order valence-electron chi connectivity index (χ2n) is 10.2. The SMILES string of the molecule is c1ccc(-c2cccc(-c3ccc(-c4nc(-c5ccccc5)c5ccc6oc7ccccc7c6c5n4)cc3)c2)cc1. The second kappa shape index (κ2) is 9.58. The number of fused-ring (bicyclic) bond motifs is 5. The molecule has 6 aromatic carbocycles. The molecule has 0 aliphatic rings. The maximum atomic E-state index is 6.20. The molecular weight excluding hydrogens is 500 g/mol. The molecule has 0 amide bonds. The van der Waals surface area contributed by atoms with E-state index in [0.717, 1.165) is 55.2 Å². The monoisotopic (exact) mass is 524 g/mol. The summed E-state index contributed by atoms with van der Waals surface area (Å²) in [6.07, 6.45) is 0. The van der Waals surface area contributed by atoms with Gasteiger partial charge in [0, 0.05) is 21.9 Å². The van der Waals surface area contributed by atoms with E-state index >= 15 is 0 Å². The van der Waals surface area contributed by atoms with Crippen LogP contribution < -0.4 is 0 Å². The lowest BCUT2D eigenvalue weighted by molar-refractivity contribution is 0.669. The van der Waals surface area contributed by atoms with Crippen LogP contribution >= 0.6 is 0 Å². The predicted octanol–water partition coefficient (Wildman–Crippen LogP) is 10.2. The van der Waals surface area contributed by atoms with Crippen molar-refractivity contribution in [3.8, 4) is 44.9 Å². The Morgan fingerprint density at radius 1 is 0.390 bits per heavy atom. The lowest BCUT2D eigenvalue weighted by Gasteiger charge is -2.11. The van der Waals surface area contributed by atoms with Crippen molar-refractivity contribution in [3.63, 3.8) is 0 Å². The van der Waals surface area contributed by atoms with Crippen LogP contribution in [0.15, 0.2) is 150 Å². The molecule has 0 atom stereocenters. The Labute approximate surface area is 237 Å². The maximum Gasteiger partial charge on any atom is 0.160 e. The highest BCUT2D eigenvalue weighted by Gasteiger charge is 2.17. The maximum absolute atomic E-state index is 6.20. The van der Waals surface area contributed by atoms with Gasteiger partial charge in [-0.15, -0.1) is 0 Å². The van der Waals surface area contributed by atoms with E-state index in [1.54, 1.807) is 0 Å². The van der Waals surface area contributed by atoms with Crippen molar-refractivity contribution in [2.45, 2.75) is 0 Å². The molecule has 2 aromatic heterocycles. The number of aromatic nitrogens is 2. The molecule has 0 aliphatic heterocycles. The van der Waals surface area contributed by atoms with Gasteiger partial charge in [-0.3, -0.25) is 0 Å². The zero-order chi connectivity index (χ0) is 27.2. The molecule has 0 aliphatic carbocycles. The molecule has 8 rings (SSSR count). The van der Waals surface area contributed by atoms with Crippen molar-refractivity contribution in [1.29, 1.82) is 0 Å². The first-order chi connectivity index (χ1) is 20.3. The molecule has 0 N–H and O–H groups in total. The fourth-order valence-electron chi connectivity index (χ4n) is 5.67. The van der Waals surface area contributed by atoms with E-state index in [4.69, 9.17) is 14.4 Å². The molecule has 0 bridgehead atoms. The zero-order valence-corrected chi connectivity index (χ0v) is 22.2. The van der Waals surface area contributed by atoms with Gasteiger partial charge in [-0.1, -0.05) is 121 Å². The van der Waals surface area contributed by atoms with Gasteiger partial charge in [-0.2, -0.15) is 0 Å². The number of hydrogen-bond acceptors (Lipinski definition) is 3. The van der Waals surface area contributed by atoms with Gasteiger partial charge in [0.05, 0.1) is 16.6 Å². The lowest BCUT2D eigenvalue weighted by Crippen LogP contribution is -1.95. The molecule has 8 aromatic rings. The normalized spacial score (nSPS) is 11.4. The average molecular weight is 525 g/mol. The highest BCUT2D eigenvalue weighted by Crippen LogP contribution is 2.38. The average Bonchev–Trinajstić information content (AvgIpc) is 3.44. The largest absolute Gasteiger partial charge is 0.456 e. The summed E-state index contributed by atoms with van der Waals surface area (Å²) in [5.74, 6) is 0.693. The summed E-state index contributed by atoms with van der Waals surface area (Å²) >= 11 is 0. The van der Waals surface area contributed by atoms with Crippen molar-refractivity contribution in [2.75, 3.05) is 0 Å². The highest BCUT2D eigenvalue weighted by molar-refractivity contribution is 6.19. The third-order valence-electron chi connectivity index (χ3n) is 7.70. The minimum atomic E-state index is 0.693. The Bertz CT molecular complexity index is 2180. The zero-order valence-electron chi connectivity index (χ0n) is 22.2. The molecule has 2 heterocycles. The van der Waals surface area contributed by atoms with Crippen molar-refractivity contribution < 1.29 is 4.42 Å². The molecule has 3 nitrogen and oxygen atoms in total. The van der Waals surface area contributed by atoms with Crippen LogP contribution in [0.4, 0.5) is 0 Å². The number of furan rings is 1. The molecule has 0 saturated carbocycles. The van der Waals surface area contributed by atoms with Crippen LogP contribution in [-0.2, 0) is 0 Å². The molecule has 0 unspecified atom stereocenters. The van der Waals surface area contributed by atoms with Gasteiger partial charge in [-0.25, -0.2) is 9.97 Å². The van der Waals surface area contributed by atoms with Gasteiger partial charge < -0.3 is 4.42 Å². The Kier molecular flexibility index (Phi) is 5.46. The highest BCUT2D eigenvalue weighted by atomic mass is 16.3. The fraction of sp³-hybridized carbons (Fsp3) is 0. The van der Waals surface area contributed by atoms with Crippen LogP contribution in [-0.4, -0.2) is 9.97 Å². The first-order valence-electron chi connectivity index (χ1n) is 13.8. The van der Waals surface area contributed by atoms with Crippen LogP contribution in [0.3, 0.4) is 0 Å². The van der Waals surface area contributed by atoms with Crippen molar-refractivity contribution in [1.82, 2.24) is 9.97 Å². The number of hydrogen-bond donors (Lipinski definition) is 0. The number of para-hydroxylation sites is 1. The van der Waals surface area contributed by atoms with Crippen molar-refractivity contribution in [3.05, 3.63) is 146 Å². The quantitative estimate of drug-likeness (QED) is 0.230. The third-order valence-corrected chi connectivity index (χ3v) is 7.70. The van der Waals surface area contributed by atoms with E-state index in [1.807, 2.05) is 48.5 Å². The Balaban J connectivity index is 1.29. The Morgan fingerprint density at radius 2 is 1.00 bits per heavy atom. The van der Waals surface area contributed by atoms with Crippen LogP contribution in [0.1, 0.15) is 0 Å².